The fourth-order valence-electron chi connectivity index (χ4n) is 4.38. The molecule has 0 amide bonds. The van der Waals surface area contributed by atoms with Crippen LogP contribution in [0, 0.1) is 27.7 Å². The highest BCUT2D eigenvalue weighted by Gasteiger charge is 2.28. The first kappa shape index (κ1) is 30.0. The van der Waals surface area contributed by atoms with Crippen molar-refractivity contribution in [2.45, 2.75) is 63.5 Å². The summed E-state index contributed by atoms with van der Waals surface area (Å²) in [5, 5.41) is 0. The third kappa shape index (κ3) is 7.74. The lowest BCUT2D eigenvalue weighted by atomic mass is 10.1. The van der Waals surface area contributed by atoms with E-state index in [1.54, 1.807) is 32.9 Å². The first-order chi connectivity index (χ1) is 17.9. The smallest absolute Gasteiger partial charge is 0.297 e. The van der Waals surface area contributed by atoms with Gasteiger partial charge in [0.1, 0.15) is 0 Å². The summed E-state index contributed by atoms with van der Waals surface area (Å²) >= 11 is 0. The van der Waals surface area contributed by atoms with E-state index in [-0.39, 0.29) is 37.6 Å². The van der Waals surface area contributed by atoms with Gasteiger partial charge in [-0.3, -0.25) is 4.18 Å². The maximum Gasteiger partial charge on any atom is 0.297 e. The maximum absolute atomic E-state index is 13.6. The zero-order chi connectivity index (χ0) is 27.9. The zero-order valence-electron chi connectivity index (χ0n) is 22.7. The van der Waals surface area contributed by atoms with E-state index in [1.165, 1.54) is 16.4 Å². The van der Waals surface area contributed by atoms with Crippen LogP contribution in [0.25, 0.3) is 0 Å². The Morgan fingerprint density at radius 2 is 1.42 bits per heavy atom. The molecule has 0 unspecified atom stereocenters. The molecule has 206 valence electrons. The first-order valence-corrected chi connectivity index (χ1v) is 15.5. The van der Waals surface area contributed by atoms with Gasteiger partial charge < -0.3 is 4.74 Å². The summed E-state index contributed by atoms with van der Waals surface area (Å²) in [5.41, 5.74) is 4.26. The molecule has 3 aromatic rings. The number of rotatable bonds is 13. The molecule has 0 heterocycles. The Balaban J connectivity index is 1.77. The molecule has 0 bridgehead atoms. The normalized spacial score (nSPS) is 13.1. The van der Waals surface area contributed by atoms with Gasteiger partial charge in [0.05, 0.1) is 29.1 Å². The Kier molecular flexibility index (Phi) is 10.3. The lowest BCUT2D eigenvalue weighted by molar-refractivity contribution is 0.00388. The Morgan fingerprint density at radius 3 is 2.00 bits per heavy atom. The Labute approximate surface area is 227 Å². The third-order valence-electron chi connectivity index (χ3n) is 6.30. The molecule has 0 spiro atoms. The number of hydrogen-bond acceptors (Lipinski definition) is 6. The van der Waals surface area contributed by atoms with E-state index in [2.05, 4.69) is 0 Å². The molecule has 3 aromatic carbocycles. The van der Waals surface area contributed by atoms with Gasteiger partial charge in [0.15, 0.2) is 0 Å². The van der Waals surface area contributed by atoms with Crippen molar-refractivity contribution in [1.82, 2.24) is 4.31 Å². The second-order valence-corrected chi connectivity index (χ2v) is 13.0. The van der Waals surface area contributed by atoms with Crippen molar-refractivity contribution in [2.75, 3.05) is 19.7 Å². The zero-order valence-corrected chi connectivity index (χ0v) is 24.3. The molecule has 9 heteroatoms. The fraction of sp³-hybridized carbons (Fsp3) is 0.379. The van der Waals surface area contributed by atoms with E-state index >= 15 is 0 Å². The van der Waals surface area contributed by atoms with Crippen LogP contribution in [0.2, 0.25) is 0 Å². The molecule has 0 aliphatic carbocycles. The molecule has 0 saturated carbocycles. The lowest BCUT2D eigenvalue weighted by Gasteiger charge is -2.25. The molecule has 7 nitrogen and oxygen atoms in total. The number of benzene rings is 3. The van der Waals surface area contributed by atoms with Crippen molar-refractivity contribution in [3.05, 3.63) is 94.5 Å². The molecule has 38 heavy (non-hydrogen) atoms. The molecular weight excluding hydrogens is 522 g/mol. The van der Waals surface area contributed by atoms with Crippen LogP contribution in [-0.4, -0.2) is 46.9 Å². The standard InChI is InChI=1S/C29H37NO6S2/c1-6-30(37(31,32)29-24(4)18-23(3)19-25(29)5)17-16-27(35-20-26-10-8-7-9-11-26)21-36-38(33,34)28-14-12-22(2)13-15-28/h7-15,18-19,27H,6,16-17,20-21H2,1-5H3/t27-/m1/s1. The molecule has 3 rings (SSSR count). The van der Waals surface area contributed by atoms with Gasteiger partial charge in [-0.2, -0.15) is 12.7 Å². The predicted octanol–water partition coefficient (Wildman–Crippen LogP) is 5.31. The summed E-state index contributed by atoms with van der Waals surface area (Å²) in [4.78, 5) is 0.373. The largest absolute Gasteiger partial charge is 0.371 e. The summed E-state index contributed by atoms with van der Waals surface area (Å²) < 4.78 is 65.6. The summed E-state index contributed by atoms with van der Waals surface area (Å²) in [6.07, 6.45) is -0.396. The highest BCUT2D eigenvalue weighted by molar-refractivity contribution is 7.89. The van der Waals surface area contributed by atoms with E-state index < -0.39 is 26.2 Å². The van der Waals surface area contributed by atoms with Crippen molar-refractivity contribution in [3.63, 3.8) is 0 Å². The Morgan fingerprint density at radius 1 is 0.816 bits per heavy atom. The van der Waals surface area contributed by atoms with Crippen LogP contribution in [0.3, 0.4) is 0 Å². The van der Waals surface area contributed by atoms with E-state index in [0.29, 0.717) is 16.0 Å². The molecule has 0 aromatic heterocycles. The second-order valence-electron chi connectivity index (χ2n) is 9.48. The second kappa shape index (κ2) is 13.0. The quantitative estimate of drug-likeness (QED) is 0.264. The minimum absolute atomic E-state index is 0.0630. The Bertz CT molecular complexity index is 1400. The van der Waals surface area contributed by atoms with Crippen LogP contribution in [0.4, 0.5) is 0 Å². The first-order valence-electron chi connectivity index (χ1n) is 12.6. The van der Waals surface area contributed by atoms with Crippen LogP contribution < -0.4 is 0 Å². The van der Waals surface area contributed by atoms with Crippen molar-refractivity contribution in [3.8, 4) is 0 Å². The van der Waals surface area contributed by atoms with Gasteiger partial charge >= 0.3 is 0 Å². The van der Waals surface area contributed by atoms with E-state index in [0.717, 1.165) is 16.7 Å². The summed E-state index contributed by atoms with van der Waals surface area (Å²) in [6.45, 7) is 9.63. The van der Waals surface area contributed by atoms with Gasteiger partial charge in [0, 0.05) is 13.1 Å². The van der Waals surface area contributed by atoms with Crippen molar-refractivity contribution in [2.24, 2.45) is 0 Å². The van der Waals surface area contributed by atoms with Crippen molar-refractivity contribution in [1.29, 1.82) is 0 Å². The third-order valence-corrected chi connectivity index (χ3v) is 9.88. The van der Waals surface area contributed by atoms with E-state index in [1.807, 2.05) is 56.3 Å². The predicted molar refractivity (Wildman–Crippen MR) is 149 cm³/mol. The molecule has 0 fully saturated rings. The molecule has 0 radical (unpaired) electrons. The maximum atomic E-state index is 13.6. The van der Waals surface area contributed by atoms with Crippen LogP contribution in [-0.2, 0) is 35.7 Å². The molecule has 0 aliphatic heterocycles. The number of aryl methyl sites for hydroxylation is 4. The van der Waals surface area contributed by atoms with Crippen LogP contribution in [0.1, 0.15) is 41.2 Å². The van der Waals surface area contributed by atoms with Gasteiger partial charge in [0.2, 0.25) is 10.0 Å². The molecular formula is C29H37NO6S2. The molecule has 0 aliphatic rings. The van der Waals surface area contributed by atoms with Crippen LogP contribution in [0.5, 0.6) is 0 Å². The molecule has 0 N–H and O–H groups in total. The van der Waals surface area contributed by atoms with Crippen LogP contribution in [0.15, 0.2) is 76.5 Å². The number of hydrogen-bond donors (Lipinski definition) is 0. The number of sulfonamides is 1. The minimum atomic E-state index is -4.00. The average molecular weight is 560 g/mol. The molecule has 1 atom stereocenters. The van der Waals surface area contributed by atoms with E-state index in [9.17, 15) is 16.8 Å². The van der Waals surface area contributed by atoms with Crippen LogP contribution >= 0.6 is 0 Å². The van der Waals surface area contributed by atoms with Gasteiger partial charge in [-0.15, -0.1) is 0 Å². The van der Waals surface area contributed by atoms with Gasteiger partial charge in [-0.05, 0) is 62.9 Å². The summed E-state index contributed by atoms with van der Waals surface area (Å²) in [7, 11) is -7.76. The number of nitrogens with zero attached hydrogens (tertiary/aromatic N) is 1. The summed E-state index contributed by atoms with van der Waals surface area (Å²) in [6, 6.07) is 19.7. The topological polar surface area (TPSA) is 90.0 Å². The average Bonchev–Trinajstić information content (AvgIpc) is 2.85. The summed E-state index contributed by atoms with van der Waals surface area (Å²) in [5.74, 6) is 0. The highest BCUT2D eigenvalue weighted by Crippen LogP contribution is 2.26. The van der Waals surface area contributed by atoms with Gasteiger partial charge in [0.25, 0.3) is 10.1 Å². The number of ether oxygens (including phenoxy) is 1. The lowest BCUT2D eigenvalue weighted by Crippen LogP contribution is -2.36. The fourth-order valence-corrected chi connectivity index (χ4v) is 7.19. The highest BCUT2D eigenvalue weighted by atomic mass is 32.2. The van der Waals surface area contributed by atoms with Gasteiger partial charge in [-0.1, -0.05) is 72.6 Å². The van der Waals surface area contributed by atoms with E-state index in [4.69, 9.17) is 8.92 Å². The SMILES string of the molecule is CCN(CC[C@H](COS(=O)(=O)c1ccc(C)cc1)OCc1ccccc1)S(=O)(=O)c1c(C)cc(C)cc1C. The van der Waals surface area contributed by atoms with Crippen molar-refractivity contribution >= 4 is 20.1 Å². The van der Waals surface area contributed by atoms with Gasteiger partial charge in [-0.25, -0.2) is 8.42 Å². The monoisotopic (exact) mass is 559 g/mol. The van der Waals surface area contributed by atoms with Crippen molar-refractivity contribution < 1.29 is 25.8 Å². The minimum Gasteiger partial charge on any atom is -0.371 e. The Hall–Kier alpha value is -2.56. The molecule has 0 saturated heterocycles.